The maximum Gasteiger partial charge on any atom is 0.142 e. The van der Waals surface area contributed by atoms with Crippen molar-refractivity contribution >= 4 is 23.2 Å². The van der Waals surface area contributed by atoms with Crippen molar-refractivity contribution in [1.82, 2.24) is 5.32 Å². The minimum Gasteiger partial charge on any atom is -0.383 e. The van der Waals surface area contributed by atoms with E-state index in [0.717, 1.165) is 0 Å². The number of methoxy groups -OCH3 is 1. The van der Waals surface area contributed by atoms with Crippen molar-refractivity contribution in [2.24, 2.45) is 0 Å². The van der Waals surface area contributed by atoms with Gasteiger partial charge in [0.05, 0.1) is 11.6 Å². The van der Waals surface area contributed by atoms with Crippen molar-refractivity contribution in [2.45, 2.75) is 12.6 Å². The average Bonchev–Trinajstić information content (AvgIpc) is 2.29. The van der Waals surface area contributed by atoms with E-state index in [2.05, 4.69) is 5.32 Å². The second-order valence-electron chi connectivity index (χ2n) is 3.40. The van der Waals surface area contributed by atoms with E-state index in [9.17, 15) is 4.39 Å². The molecule has 0 saturated carbocycles. The first-order chi connectivity index (χ1) is 7.69. The largest absolute Gasteiger partial charge is 0.383 e. The summed E-state index contributed by atoms with van der Waals surface area (Å²) in [5, 5.41) is 3.30. The molecule has 0 saturated heterocycles. The van der Waals surface area contributed by atoms with Crippen LogP contribution in [0.2, 0.25) is 5.02 Å². The Bertz CT molecular complexity index is 336. The highest BCUT2D eigenvalue weighted by Gasteiger charge is 2.09. The van der Waals surface area contributed by atoms with Gasteiger partial charge in [-0.05, 0) is 11.6 Å². The van der Waals surface area contributed by atoms with Crippen LogP contribution in [0.5, 0.6) is 0 Å². The van der Waals surface area contributed by atoms with E-state index >= 15 is 0 Å². The summed E-state index contributed by atoms with van der Waals surface area (Å²) in [4.78, 5) is 0. The highest BCUT2D eigenvalue weighted by Crippen LogP contribution is 2.19. The molecule has 16 heavy (non-hydrogen) atoms. The van der Waals surface area contributed by atoms with E-state index in [1.807, 2.05) is 0 Å². The minimum atomic E-state index is -0.407. The van der Waals surface area contributed by atoms with E-state index in [1.54, 1.807) is 19.2 Å². The molecule has 5 heteroatoms. The summed E-state index contributed by atoms with van der Waals surface area (Å²) in [5.74, 6) is 0.0240. The van der Waals surface area contributed by atoms with Gasteiger partial charge in [0.25, 0.3) is 0 Å². The Hall–Kier alpha value is -0.350. The van der Waals surface area contributed by atoms with Gasteiger partial charge in [0, 0.05) is 25.6 Å². The smallest absolute Gasteiger partial charge is 0.142 e. The number of halogens is 3. The second-order valence-corrected chi connectivity index (χ2v) is 4.09. The maximum absolute atomic E-state index is 13.1. The molecule has 1 rings (SSSR count). The van der Waals surface area contributed by atoms with Gasteiger partial charge in [-0.25, -0.2) is 4.39 Å². The summed E-state index contributed by atoms with van der Waals surface area (Å²) in [6.45, 7) is 0.980. The van der Waals surface area contributed by atoms with Crippen LogP contribution in [-0.4, -0.2) is 25.6 Å². The van der Waals surface area contributed by atoms with Crippen LogP contribution in [0.1, 0.15) is 5.56 Å². The molecule has 0 radical (unpaired) electrons. The minimum absolute atomic E-state index is 0.0333. The van der Waals surface area contributed by atoms with E-state index in [-0.39, 0.29) is 11.1 Å². The molecule has 0 aliphatic carbocycles. The summed E-state index contributed by atoms with van der Waals surface area (Å²) in [7, 11) is 1.61. The number of ether oxygens (including phenoxy) is 1. The summed E-state index contributed by atoms with van der Waals surface area (Å²) in [6.07, 6.45) is 0. The molecule has 0 aliphatic rings. The predicted molar refractivity (Wildman–Crippen MR) is 64.6 cm³/mol. The van der Waals surface area contributed by atoms with Gasteiger partial charge in [-0.2, -0.15) is 0 Å². The molecule has 0 spiro atoms. The standard InChI is InChI=1S/C11H14Cl2FNO/c1-16-7-9(5-12)15-6-8-3-2-4-10(14)11(8)13/h2-4,9,15H,5-7H2,1H3. The number of hydrogen-bond acceptors (Lipinski definition) is 2. The molecule has 0 bridgehead atoms. The lowest BCUT2D eigenvalue weighted by Gasteiger charge is -2.15. The zero-order chi connectivity index (χ0) is 12.0. The van der Waals surface area contributed by atoms with Crippen LogP contribution < -0.4 is 5.32 Å². The Balaban J connectivity index is 2.56. The number of rotatable bonds is 6. The maximum atomic E-state index is 13.1. The molecule has 0 heterocycles. The van der Waals surface area contributed by atoms with Crippen molar-refractivity contribution in [1.29, 1.82) is 0 Å². The predicted octanol–water partition coefficient (Wildman–Crippen LogP) is 2.82. The molecular weight excluding hydrogens is 252 g/mol. The third-order valence-corrected chi connectivity index (χ3v) is 2.96. The number of nitrogens with one attached hydrogen (secondary N) is 1. The van der Waals surface area contributed by atoms with Gasteiger partial charge in [-0.3, -0.25) is 0 Å². The van der Waals surface area contributed by atoms with Gasteiger partial charge in [-0.15, -0.1) is 11.6 Å². The number of hydrogen-bond donors (Lipinski definition) is 1. The Morgan fingerprint density at radius 3 is 2.88 bits per heavy atom. The van der Waals surface area contributed by atoms with Gasteiger partial charge < -0.3 is 10.1 Å². The first-order valence-electron chi connectivity index (χ1n) is 4.90. The van der Waals surface area contributed by atoms with Crippen molar-refractivity contribution < 1.29 is 9.13 Å². The molecule has 1 N–H and O–H groups in total. The molecule has 1 atom stereocenters. The second kappa shape index (κ2) is 7.07. The SMILES string of the molecule is COCC(CCl)NCc1cccc(F)c1Cl. The normalized spacial score (nSPS) is 12.8. The molecule has 0 fully saturated rings. The van der Waals surface area contributed by atoms with Crippen molar-refractivity contribution in [3.63, 3.8) is 0 Å². The van der Waals surface area contributed by atoms with Crippen LogP contribution in [0, 0.1) is 5.82 Å². The first kappa shape index (κ1) is 13.7. The zero-order valence-corrected chi connectivity index (χ0v) is 10.5. The Labute approximate surface area is 105 Å². The molecule has 1 aromatic carbocycles. The summed E-state index contributed by atoms with van der Waals surface area (Å²) < 4.78 is 18.1. The number of benzene rings is 1. The van der Waals surface area contributed by atoms with E-state index in [4.69, 9.17) is 27.9 Å². The van der Waals surface area contributed by atoms with Gasteiger partial charge in [0.1, 0.15) is 5.82 Å². The average molecular weight is 266 g/mol. The van der Waals surface area contributed by atoms with Gasteiger partial charge in [0.2, 0.25) is 0 Å². The third-order valence-electron chi connectivity index (χ3n) is 2.17. The van der Waals surface area contributed by atoms with Crippen LogP contribution in [0.4, 0.5) is 4.39 Å². The Morgan fingerprint density at radius 1 is 1.50 bits per heavy atom. The Morgan fingerprint density at radius 2 is 2.25 bits per heavy atom. The summed E-state index contributed by atoms with van der Waals surface area (Å²) in [5.41, 5.74) is 0.716. The highest BCUT2D eigenvalue weighted by molar-refractivity contribution is 6.31. The fraction of sp³-hybridized carbons (Fsp3) is 0.455. The lowest BCUT2D eigenvalue weighted by atomic mass is 10.2. The van der Waals surface area contributed by atoms with E-state index in [1.165, 1.54) is 6.07 Å². The quantitative estimate of drug-likeness (QED) is 0.799. The van der Waals surface area contributed by atoms with Crippen LogP contribution in [0.15, 0.2) is 18.2 Å². The van der Waals surface area contributed by atoms with Crippen LogP contribution in [0.3, 0.4) is 0 Å². The molecule has 0 aliphatic heterocycles. The van der Waals surface area contributed by atoms with Gasteiger partial charge in [-0.1, -0.05) is 23.7 Å². The van der Waals surface area contributed by atoms with Crippen LogP contribution in [-0.2, 0) is 11.3 Å². The summed E-state index contributed by atoms with van der Waals surface area (Å²) >= 11 is 11.6. The molecule has 90 valence electrons. The van der Waals surface area contributed by atoms with Crippen molar-refractivity contribution in [2.75, 3.05) is 19.6 Å². The van der Waals surface area contributed by atoms with Crippen molar-refractivity contribution in [3.05, 3.63) is 34.6 Å². The molecule has 1 unspecified atom stereocenters. The Kier molecular flexibility index (Phi) is 6.06. The van der Waals surface area contributed by atoms with Crippen molar-refractivity contribution in [3.8, 4) is 0 Å². The number of alkyl halides is 1. The van der Waals surface area contributed by atoms with Gasteiger partial charge >= 0.3 is 0 Å². The van der Waals surface area contributed by atoms with Gasteiger partial charge in [0.15, 0.2) is 0 Å². The lowest BCUT2D eigenvalue weighted by Crippen LogP contribution is -2.34. The molecule has 0 amide bonds. The van der Waals surface area contributed by atoms with E-state index in [0.29, 0.717) is 24.6 Å². The van der Waals surface area contributed by atoms with E-state index < -0.39 is 5.82 Å². The molecule has 0 aromatic heterocycles. The topological polar surface area (TPSA) is 21.3 Å². The fourth-order valence-corrected chi connectivity index (χ4v) is 1.69. The first-order valence-corrected chi connectivity index (χ1v) is 5.81. The monoisotopic (exact) mass is 265 g/mol. The van der Waals surface area contributed by atoms with Crippen LogP contribution >= 0.6 is 23.2 Å². The fourth-order valence-electron chi connectivity index (χ4n) is 1.30. The third kappa shape index (κ3) is 3.91. The highest BCUT2D eigenvalue weighted by atomic mass is 35.5. The lowest BCUT2D eigenvalue weighted by molar-refractivity contribution is 0.172. The molecular formula is C11H14Cl2FNO. The van der Waals surface area contributed by atoms with Crippen LogP contribution in [0.25, 0.3) is 0 Å². The molecule has 2 nitrogen and oxygen atoms in total. The zero-order valence-electron chi connectivity index (χ0n) is 8.97. The molecule has 1 aromatic rings. The summed E-state index contributed by atoms with van der Waals surface area (Å²) in [6, 6.07) is 4.77.